The Balaban J connectivity index is 2.23. The van der Waals surface area contributed by atoms with E-state index in [0.717, 1.165) is 0 Å². The Morgan fingerprint density at radius 2 is 1.94 bits per heavy atom. The monoisotopic (exact) mass is 484 g/mol. The Bertz CT molecular complexity index is 903. The van der Waals surface area contributed by atoms with Gasteiger partial charge in [0.05, 0.1) is 12.7 Å². The quantitative estimate of drug-likeness (QED) is 0.277. The molecule has 1 unspecified atom stereocenters. The molecule has 1 aromatic heterocycles. The second kappa shape index (κ2) is 12.7. The van der Waals surface area contributed by atoms with E-state index >= 15 is 0 Å². The third-order valence-corrected chi connectivity index (χ3v) is 7.55. The van der Waals surface area contributed by atoms with Crippen LogP contribution in [0.2, 0.25) is 0 Å². The molecule has 1 aliphatic heterocycles. The minimum absolute atomic E-state index is 0.0688. The molecule has 0 bridgehead atoms. The average Bonchev–Trinajstić information content (AvgIpc) is 3.04. The number of nitrogens with one attached hydrogen (secondary N) is 1. The van der Waals surface area contributed by atoms with Crippen molar-refractivity contribution in [1.29, 1.82) is 0 Å². The third-order valence-electron chi connectivity index (χ3n) is 5.48. The van der Waals surface area contributed by atoms with Crippen LogP contribution in [0.15, 0.2) is 15.8 Å². The first-order valence-corrected chi connectivity index (χ1v) is 12.5. The first-order valence-electron chi connectivity index (χ1n) is 11.4. The minimum atomic E-state index is -1.40. The lowest BCUT2D eigenvalue weighted by Gasteiger charge is -2.36. The van der Waals surface area contributed by atoms with Crippen molar-refractivity contribution in [2.75, 3.05) is 26.4 Å². The molecule has 1 saturated heterocycles. The number of aryl methyl sites for hydroxylation is 1. The summed E-state index contributed by atoms with van der Waals surface area (Å²) in [5.41, 5.74) is -0.536. The fourth-order valence-electron chi connectivity index (χ4n) is 3.91. The van der Waals surface area contributed by atoms with E-state index in [1.54, 1.807) is 6.92 Å². The second-order valence-corrected chi connectivity index (χ2v) is 10.1. The summed E-state index contributed by atoms with van der Waals surface area (Å²) in [7, 11) is -1.40. The molecule has 33 heavy (non-hydrogen) atoms. The molecule has 0 aliphatic carbocycles. The summed E-state index contributed by atoms with van der Waals surface area (Å²) < 4.78 is 28.0. The molecule has 11 heteroatoms. The normalized spacial score (nSPS) is 24.0. The molecule has 0 amide bonds. The van der Waals surface area contributed by atoms with Gasteiger partial charge < -0.3 is 23.4 Å². The van der Waals surface area contributed by atoms with Gasteiger partial charge in [-0.05, 0) is 41.5 Å². The lowest BCUT2D eigenvalue weighted by atomic mass is 10.0. The van der Waals surface area contributed by atoms with Crippen molar-refractivity contribution in [1.82, 2.24) is 14.2 Å². The van der Waals surface area contributed by atoms with Gasteiger partial charge in [-0.2, -0.15) is 0 Å². The van der Waals surface area contributed by atoms with Crippen LogP contribution in [0, 0.1) is 19.4 Å². The van der Waals surface area contributed by atoms with Crippen LogP contribution < -0.4 is 11.2 Å². The molecule has 2 heterocycles. The number of aromatic nitrogens is 2. The zero-order valence-corrected chi connectivity index (χ0v) is 21.5. The average molecular weight is 485 g/mol. The highest BCUT2D eigenvalue weighted by molar-refractivity contribution is 7.44. The molecule has 186 valence electrons. The maximum absolute atomic E-state index is 12.5. The molecule has 2 rings (SSSR count). The molecule has 0 radical (unpaired) electrons. The maximum Gasteiger partial charge on any atom is 0.330 e. The summed E-state index contributed by atoms with van der Waals surface area (Å²) in [6.45, 7) is 22.1. The van der Waals surface area contributed by atoms with Crippen LogP contribution >= 0.6 is 8.53 Å². The van der Waals surface area contributed by atoms with Gasteiger partial charge in [-0.15, -0.1) is 0 Å². The summed E-state index contributed by atoms with van der Waals surface area (Å²) in [6.07, 6.45) is 0.0959. The van der Waals surface area contributed by atoms with Crippen molar-refractivity contribution >= 4 is 8.53 Å². The van der Waals surface area contributed by atoms with Gasteiger partial charge in [0.1, 0.15) is 12.7 Å². The highest BCUT2D eigenvalue weighted by Crippen LogP contribution is 2.47. The fourth-order valence-corrected chi connectivity index (χ4v) is 5.52. The lowest BCUT2D eigenvalue weighted by molar-refractivity contribution is -0.0699. The molecule has 0 aromatic carbocycles. The van der Waals surface area contributed by atoms with Crippen LogP contribution in [-0.4, -0.2) is 64.9 Å². The highest BCUT2D eigenvalue weighted by Gasteiger charge is 2.45. The first-order chi connectivity index (χ1) is 15.6. The van der Waals surface area contributed by atoms with Crippen molar-refractivity contribution in [2.24, 2.45) is 5.92 Å². The van der Waals surface area contributed by atoms with Gasteiger partial charge in [-0.25, -0.2) is 16.0 Å². The Hall–Kier alpha value is -1.60. The van der Waals surface area contributed by atoms with Crippen molar-refractivity contribution in [3.8, 4) is 0 Å². The minimum Gasteiger partial charge on any atom is -0.373 e. The van der Waals surface area contributed by atoms with Crippen molar-refractivity contribution in [3.05, 3.63) is 44.0 Å². The first kappa shape index (κ1) is 27.6. The Labute approximate surface area is 197 Å². The fraction of sp³-hybridized carbons (Fsp3) is 0.773. The number of H-pyrrole nitrogens is 1. The standard InChI is InChI=1S/C22H37N4O6P/c1-9-29-19-17(7)18(32-21(19)25-12-16(6)20(27)24-22(25)28)13-31-33(30-11-10-23-8)26(14(2)3)15(4)5/h12,14-15,17-19,21H,9-11,13H2,1-7H3,(H,24,27,28)/t17-,18-,19-,21-,33?/m1/s1. The van der Waals surface area contributed by atoms with Crippen LogP contribution in [0.5, 0.6) is 0 Å². The Kier molecular flexibility index (Phi) is 10.7. The Morgan fingerprint density at radius 3 is 2.52 bits per heavy atom. The van der Waals surface area contributed by atoms with Crippen LogP contribution in [0.25, 0.3) is 4.85 Å². The summed E-state index contributed by atoms with van der Waals surface area (Å²) in [5.74, 6) is -0.0688. The Morgan fingerprint density at radius 1 is 1.27 bits per heavy atom. The van der Waals surface area contributed by atoms with Gasteiger partial charge >= 0.3 is 5.69 Å². The van der Waals surface area contributed by atoms with E-state index in [1.807, 2.05) is 13.8 Å². The van der Waals surface area contributed by atoms with E-state index in [-0.39, 0.29) is 43.4 Å². The lowest BCUT2D eigenvalue weighted by Crippen LogP contribution is -2.38. The largest absolute Gasteiger partial charge is 0.373 e. The van der Waals surface area contributed by atoms with E-state index in [4.69, 9.17) is 25.1 Å². The SMILES string of the molecule is [C-]#[N+]CCOP(OC[C@H]1O[C@@H](n2cc(C)c(=O)[nH]c2=O)[C@H](OCC)[C@@H]1C)N(C(C)C)C(C)C. The third kappa shape index (κ3) is 6.95. The number of aromatic amines is 1. The molecule has 1 aromatic rings. The topological polar surface area (TPSA) is 99.4 Å². The zero-order valence-electron chi connectivity index (χ0n) is 20.6. The number of hydrogen-bond donors (Lipinski definition) is 1. The van der Waals surface area contributed by atoms with Crippen LogP contribution in [0.3, 0.4) is 0 Å². The molecule has 1 fully saturated rings. The summed E-state index contributed by atoms with van der Waals surface area (Å²) in [5, 5.41) is 0. The van der Waals surface area contributed by atoms with Gasteiger partial charge in [0.25, 0.3) is 14.1 Å². The van der Waals surface area contributed by atoms with Gasteiger partial charge in [-0.3, -0.25) is 14.3 Å². The van der Waals surface area contributed by atoms with E-state index in [1.165, 1.54) is 10.8 Å². The van der Waals surface area contributed by atoms with Gasteiger partial charge in [-0.1, -0.05) is 6.92 Å². The van der Waals surface area contributed by atoms with Crippen LogP contribution in [0.1, 0.15) is 53.3 Å². The van der Waals surface area contributed by atoms with Gasteiger partial charge in [0, 0.05) is 36.4 Å². The van der Waals surface area contributed by atoms with E-state index < -0.39 is 26.0 Å². The zero-order chi connectivity index (χ0) is 24.7. The summed E-state index contributed by atoms with van der Waals surface area (Å²) in [6, 6.07) is 0.384. The molecule has 5 atom stereocenters. The van der Waals surface area contributed by atoms with Crippen molar-refractivity contribution < 1.29 is 18.5 Å². The number of hydrogen-bond acceptors (Lipinski definition) is 7. The second-order valence-electron chi connectivity index (χ2n) is 8.64. The highest BCUT2D eigenvalue weighted by atomic mass is 31.2. The predicted molar refractivity (Wildman–Crippen MR) is 127 cm³/mol. The van der Waals surface area contributed by atoms with Crippen LogP contribution in [-0.2, 0) is 18.5 Å². The molecule has 10 nitrogen and oxygen atoms in total. The number of ether oxygens (including phenoxy) is 2. The van der Waals surface area contributed by atoms with Gasteiger partial charge in [0.2, 0.25) is 6.54 Å². The van der Waals surface area contributed by atoms with Crippen LogP contribution in [0.4, 0.5) is 0 Å². The van der Waals surface area contributed by atoms with Crippen molar-refractivity contribution in [2.45, 2.75) is 79.0 Å². The smallest absolute Gasteiger partial charge is 0.330 e. The molecule has 0 spiro atoms. The molecule has 0 saturated carbocycles. The van der Waals surface area contributed by atoms with E-state index in [0.29, 0.717) is 18.8 Å². The molecule has 1 N–H and O–H groups in total. The van der Waals surface area contributed by atoms with Gasteiger partial charge in [0.15, 0.2) is 6.23 Å². The summed E-state index contributed by atoms with van der Waals surface area (Å²) >= 11 is 0. The maximum atomic E-state index is 12.5. The molecule has 1 aliphatic rings. The number of rotatable bonds is 12. The van der Waals surface area contributed by atoms with E-state index in [9.17, 15) is 9.59 Å². The molecular weight excluding hydrogens is 447 g/mol. The van der Waals surface area contributed by atoms with E-state index in [2.05, 4.69) is 42.2 Å². The molecular formula is C22H37N4O6P. The number of nitrogens with zero attached hydrogens (tertiary/aromatic N) is 3. The predicted octanol–water partition coefficient (Wildman–Crippen LogP) is 3.08. The summed E-state index contributed by atoms with van der Waals surface area (Å²) in [4.78, 5) is 30.0. The van der Waals surface area contributed by atoms with Crippen molar-refractivity contribution in [3.63, 3.8) is 0 Å².